The average molecular weight is 347 g/mol. The van der Waals surface area contributed by atoms with Gasteiger partial charge in [0.1, 0.15) is 0 Å². The fourth-order valence-electron chi connectivity index (χ4n) is 3.85. The van der Waals surface area contributed by atoms with E-state index in [9.17, 15) is 0 Å². The molecule has 0 amide bonds. The van der Waals surface area contributed by atoms with Crippen molar-refractivity contribution in [3.8, 4) is 0 Å². The molecule has 2 saturated heterocycles. The Morgan fingerprint density at radius 1 is 1.24 bits per heavy atom. The Morgan fingerprint density at radius 3 is 2.81 bits per heavy atom. The van der Waals surface area contributed by atoms with Gasteiger partial charge in [-0.1, -0.05) is 15.9 Å². The van der Waals surface area contributed by atoms with Crippen molar-refractivity contribution >= 4 is 32.5 Å². The Kier molecular flexibility index (Phi) is 3.15. The number of aromatic nitrogens is 2. The predicted octanol–water partition coefficient (Wildman–Crippen LogP) is 3.06. The molecule has 2 aliphatic heterocycles. The van der Waals surface area contributed by atoms with E-state index in [2.05, 4.69) is 68.0 Å². The lowest BCUT2D eigenvalue weighted by atomic mass is 10.1. The standard InChI is InChI=1S/C16H19BrN4/c1-10(2)20-8-14-6-13(20)9-21(14)16-15-4-3-12(17)5-11(15)7-18-19-16/h3-5,7,10,13-14H,6,8-9H2,1-2H3. The van der Waals surface area contributed by atoms with Crippen molar-refractivity contribution in [2.24, 2.45) is 0 Å². The molecule has 0 aliphatic carbocycles. The maximum atomic E-state index is 4.45. The molecule has 2 aliphatic rings. The van der Waals surface area contributed by atoms with E-state index in [0.29, 0.717) is 18.1 Å². The van der Waals surface area contributed by atoms with Gasteiger partial charge in [0.15, 0.2) is 5.82 Å². The van der Waals surface area contributed by atoms with E-state index in [1.54, 1.807) is 0 Å². The number of likely N-dealkylation sites (tertiary alicyclic amines) is 1. The van der Waals surface area contributed by atoms with Gasteiger partial charge in [0.25, 0.3) is 0 Å². The molecule has 2 bridgehead atoms. The number of hydrogen-bond donors (Lipinski definition) is 0. The van der Waals surface area contributed by atoms with Gasteiger partial charge in [-0.3, -0.25) is 4.90 Å². The molecule has 21 heavy (non-hydrogen) atoms. The van der Waals surface area contributed by atoms with Gasteiger partial charge in [-0.2, -0.15) is 5.10 Å². The van der Waals surface area contributed by atoms with Crippen molar-refractivity contribution in [3.05, 3.63) is 28.9 Å². The van der Waals surface area contributed by atoms with Crippen molar-refractivity contribution in [1.29, 1.82) is 0 Å². The third-order valence-corrected chi connectivity index (χ3v) is 5.32. The lowest BCUT2D eigenvalue weighted by Gasteiger charge is -2.37. The number of nitrogens with zero attached hydrogens (tertiary/aromatic N) is 4. The first-order valence-corrected chi connectivity index (χ1v) is 8.36. The number of fused-ring (bicyclic) bond motifs is 3. The minimum Gasteiger partial charge on any atom is -0.349 e. The van der Waals surface area contributed by atoms with E-state index < -0.39 is 0 Å². The smallest absolute Gasteiger partial charge is 0.159 e. The van der Waals surface area contributed by atoms with Crippen molar-refractivity contribution in [1.82, 2.24) is 15.1 Å². The predicted molar refractivity (Wildman–Crippen MR) is 88.6 cm³/mol. The molecule has 2 fully saturated rings. The van der Waals surface area contributed by atoms with Crippen LogP contribution in [0.25, 0.3) is 10.8 Å². The summed E-state index contributed by atoms with van der Waals surface area (Å²) in [4.78, 5) is 5.09. The Balaban J connectivity index is 1.70. The molecule has 0 radical (unpaired) electrons. The van der Waals surface area contributed by atoms with Crippen molar-refractivity contribution in [2.75, 3.05) is 18.0 Å². The van der Waals surface area contributed by atoms with Gasteiger partial charge in [0, 0.05) is 46.5 Å². The summed E-state index contributed by atoms with van der Waals surface area (Å²) < 4.78 is 1.09. The van der Waals surface area contributed by atoms with Gasteiger partial charge in [0.2, 0.25) is 0 Å². The molecular formula is C16H19BrN4. The molecular weight excluding hydrogens is 328 g/mol. The summed E-state index contributed by atoms with van der Waals surface area (Å²) in [5, 5.41) is 11.0. The van der Waals surface area contributed by atoms with Gasteiger partial charge in [-0.05, 0) is 38.5 Å². The lowest BCUT2D eigenvalue weighted by Crippen LogP contribution is -2.49. The number of halogens is 1. The van der Waals surface area contributed by atoms with E-state index in [-0.39, 0.29) is 0 Å². The second kappa shape index (κ2) is 4.92. The first-order valence-electron chi connectivity index (χ1n) is 7.57. The zero-order chi connectivity index (χ0) is 14.6. The Labute approximate surface area is 133 Å². The summed E-state index contributed by atoms with van der Waals surface area (Å²) >= 11 is 3.53. The number of hydrogen-bond acceptors (Lipinski definition) is 4. The van der Waals surface area contributed by atoms with Crippen LogP contribution in [0.2, 0.25) is 0 Å². The van der Waals surface area contributed by atoms with Crippen LogP contribution >= 0.6 is 15.9 Å². The minimum absolute atomic E-state index is 0.584. The van der Waals surface area contributed by atoms with E-state index >= 15 is 0 Å². The topological polar surface area (TPSA) is 32.3 Å². The fourth-order valence-corrected chi connectivity index (χ4v) is 4.22. The molecule has 4 nitrogen and oxygen atoms in total. The minimum atomic E-state index is 0.584. The second-order valence-corrected chi connectivity index (χ2v) is 7.30. The number of piperazine rings is 1. The zero-order valence-corrected chi connectivity index (χ0v) is 13.9. The molecule has 2 unspecified atom stereocenters. The zero-order valence-electron chi connectivity index (χ0n) is 12.3. The van der Waals surface area contributed by atoms with Crippen LogP contribution in [0, 0.1) is 0 Å². The molecule has 1 aromatic carbocycles. The summed E-state index contributed by atoms with van der Waals surface area (Å²) in [6.45, 7) is 6.81. The van der Waals surface area contributed by atoms with Crippen LogP contribution in [0.1, 0.15) is 20.3 Å². The Morgan fingerprint density at radius 2 is 2.10 bits per heavy atom. The van der Waals surface area contributed by atoms with Gasteiger partial charge >= 0.3 is 0 Å². The molecule has 0 saturated carbocycles. The highest BCUT2D eigenvalue weighted by molar-refractivity contribution is 9.10. The second-order valence-electron chi connectivity index (χ2n) is 6.39. The first kappa shape index (κ1) is 13.5. The van der Waals surface area contributed by atoms with Crippen LogP contribution in [-0.2, 0) is 0 Å². The summed E-state index contributed by atoms with van der Waals surface area (Å²) in [7, 11) is 0. The number of rotatable bonds is 2. The highest BCUT2D eigenvalue weighted by Crippen LogP contribution is 2.37. The van der Waals surface area contributed by atoms with Crippen LogP contribution in [0.4, 0.5) is 5.82 Å². The van der Waals surface area contributed by atoms with E-state index in [0.717, 1.165) is 28.8 Å². The van der Waals surface area contributed by atoms with Gasteiger partial charge in [-0.15, -0.1) is 5.10 Å². The lowest BCUT2D eigenvalue weighted by molar-refractivity contribution is 0.191. The fraction of sp³-hybridized carbons (Fsp3) is 0.500. The van der Waals surface area contributed by atoms with Crippen LogP contribution in [0.15, 0.2) is 28.9 Å². The molecule has 110 valence electrons. The van der Waals surface area contributed by atoms with Gasteiger partial charge in [-0.25, -0.2) is 0 Å². The van der Waals surface area contributed by atoms with E-state index in [1.165, 1.54) is 11.8 Å². The quantitative estimate of drug-likeness (QED) is 0.836. The summed E-state index contributed by atoms with van der Waals surface area (Å²) in [5.74, 6) is 1.05. The van der Waals surface area contributed by atoms with E-state index in [1.807, 2.05) is 6.20 Å². The third-order valence-electron chi connectivity index (χ3n) is 4.82. The summed E-state index contributed by atoms with van der Waals surface area (Å²) in [6, 6.07) is 8.24. The number of benzene rings is 1. The third kappa shape index (κ3) is 2.14. The molecule has 4 rings (SSSR count). The average Bonchev–Trinajstić information content (AvgIpc) is 3.06. The van der Waals surface area contributed by atoms with Crippen LogP contribution in [0.3, 0.4) is 0 Å². The highest BCUT2D eigenvalue weighted by Gasteiger charge is 2.44. The molecule has 3 heterocycles. The molecule has 0 spiro atoms. The van der Waals surface area contributed by atoms with E-state index in [4.69, 9.17) is 0 Å². The van der Waals surface area contributed by atoms with Gasteiger partial charge < -0.3 is 4.90 Å². The van der Waals surface area contributed by atoms with Crippen molar-refractivity contribution in [3.63, 3.8) is 0 Å². The SMILES string of the molecule is CC(C)N1CC2CC1CN2c1nncc2cc(Br)ccc12. The van der Waals surface area contributed by atoms with Crippen LogP contribution < -0.4 is 4.90 Å². The molecule has 2 atom stereocenters. The monoisotopic (exact) mass is 346 g/mol. The Bertz CT molecular complexity index is 687. The van der Waals surface area contributed by atoms with Crippen molar-refractivity contribution < 1.29 is 0 Å². The van der Waals surface area contributed by atoms with Crippen LogP contribution in [0.5, 0.6) is 0 Å². The number of anilines is 1. The summed E-state index contributed by atoms with van der Waals surface area (Å²) in [6.07, 6.45) is 3.10. The van der Waals surface area contributed by atoms with Crippen LogP contribution in [-0.4, -0.2) is 46.3 Å². The maximum absolute atomic E-state index is 4.45. The molecule has 0 N–H and O–H groups in total. The molecule has 5 heteroatoms. The molecule has 1 aromatic heterocycles. The Hall–Kier alpha value is -1.20. The largest absolute Gasteiger partial charge is 0.349 e. The molecule has 2 aromatic rings. The maximum Gasteiger partial charge on any atom is 0.159 e. The first-order chi connectivity index (χ1) is 10.1. The highest BCUT2D eigenvalue weighted by atomic mass is 79.9. The normalized spacial score (nSPS) is 25.4. The van der Waals surface area contributed by atoms with Crippen molar-refractivity contribution in [2.45, 2.75) is 38.4 Å². The van der Waals surface area contributed by atoms with Gasteiger partial charge in [0.05, 0.1) is 6.20 Å². The summed E-state index contributed by atoms with van der Waals surface area (Å²) in [5.41, 5.74) is 0.